The molecule has 0 aliphatic carbocycles. The van der Waals surface area contributed by atoms with Crippen LogP contribution in [0.2, 0.25) is 0 Å². The quantitative estimate of drug-likeness (QED) is 0.0658. The van der Waals surface area contributed by atoms with E-state index in [1.807, 2.05) is 107 Å². The van der Waals surface area contributed by atoms with Crippen molar-refractivity contribution in [3.05, 3.63) is 91.0 Å². The van der Waals surface area contributed by atoms with Gasteiger partial charge in [-0.3, -0.25) is 4.79 Å². The van der Waals surface area contributed by atoms with Crippen LogP contribution in [0.3, 0.4) is 0 Å². The minimum Gasteiger partial charge on any atom is -0.465 e. The number of fused-ring (bicyclic) bond motifs is 20. The first-order chi connectivity index (χ1) is 27.5. The van der Waals surface area contributed by atoms with Crippen LogP contribution >= 0.6 is 11.8 Å². The molecule has 5 heterocycles. The molecule has 0 unspecified atom stereocenters. The van der Waals surface area contributed by atoms with Crippen LogP contribution in [0.4, 0.5) is 0 Å². The van der Waals surface area contributed by atoms with Gasteiger partial charge in [0, 0.05) is 55.5 Å². The van der Waals surface area contributed by atoms with Gasteiger partial charge in [0.25, 0.3) is 0 Å². The number of thioether (sulfide) groups is 1. The van der Waals surface area contributed by atoms with Crippen LogP contribution in [0.1, 0.15) is 61.3 Å². The maximum absolute atomic E-state index is 12.9. The van der Waals surface area contributed by atoms with Gasteiger partial charge < -0.3 is 34.6 Å². The SMILES string of the molecule is CC.CC(C)(C)CC(C)(C)C(=O)OCCCSc1ccc2c3nc4nc(nc5[n-]c(nc6nc(nc([n-]3)c2c1)-c1ccccc1-6)c1ccccc51)-c1ccccc1-4.[Cu+2]. The maximum atomic E-state index is 12.9. The van der Waals surface area contributed by atoms with E-state index in [-0.39, 0.29) is 28.5 Å². The molecule has 12 heteroatoms. The number of rotatable bonds is 7. The molecule has 0 N–H and O–H groups in total. The summed E-state index contributed by atoms with van der Waals surface area (Å²) < 4.78 is 5.71. The van der Waals surface area contributed by atoms with E-state index in [9.17, 15) is 4.79 Å². The molecule has 3 aromatic heterocycles. The number of hydrogen-bond donors (Lipinski definition) is 0. The van der Waals surface area contributed by atoms with Crippen molar-refractivity contribution in [2.45, 2.75) is 66.2 Å². The molecule has 0 saturated carbocycles. The first-order valence-corrected chi connectivity index (χ1v) is 20.4. The van der Waals surface area contributed by atoms with E-state index in [0.29, 0.717) is 52.5 Å². The molecule has 0 spiro atoms. The average Bonchev–Trinajstić information content (AvgIpc) is 3.93. The first-order valence-electron chi connectivity index (χ1n) is 19.4. The summed E-state index contributed by atoms with van der Waals surface area (Å²) in [6.45, 7) is 14.7. The van der Waals surface area contributed by atoms with Crippen molar-refractivity contribution in [1.29, 1.82) is 0 Å². The Balaban J connectivity index is 0.00000168. The van der Waals surface area contributed by atoms with Crippen LogP contribution < -0.4 is 9.97 Å². The summed E-state index contributed by atoms with van der Waals surface area (Å²) in [4.78, 5) is 54.0. The van der Waals surface area contributed by atoms with Crippen molar-refractivity contribution in [3.63, 3.8) is 0 Å². The Morgan fingerprint density at radius 2 is 1.00 bits per heavy atom. The summed E-state index contributed by atoms with van der Waals surface area (Å²) in [5.74, 6) is 2.71. The molecule has 4 aromatic carbocycles. The number of esters is 1. The molecule has 0 amide bonds. The van der Waals surface area contributed by atoms with E-state index in [0.717, 1.165) is 67.3 Å². The summed E-state index contributed by atoms with van der Waals surface area (Å²) >= 11 is 1.70. The summed E-state index contributed by atoms with van der Waals surface area (Å²) in [7, 11) is 0. The molecule has 10 nitrogen and oxygen atoms in total. The van der Waals surface area contributed by atoms with Gasteiger partial charge in [0.2, 0.25) is 0 Å². The van der Waals surface area contributed by atoms with Gasteiger partial charge in [0.1, 0.15) is 0 Å². The second-order valence-electron chi connectivity index (χ2n) is 15.8. The van der Waals surface area contributed by atoms with Crippen LogP contribution in [0, 0.1) is 10.8 Å². The number of carbonyl (C=O) groups excluding carboxylic acids is 1. The van der Waals surface area contributed by atoms with E-state index in [2.05, 4.69) is 32.9 Å². The molecule has 0 atom stereocenters. The molecule has 2 aliphatic rings. The van der Waals surface area contributed by atoms with Crippen molar-refractivity contribution >= 4 is 61.9 Å². The fourth-order valence-electron chi connectivity index (χ4n) is 7.59. The van der Waals surface area contributed by atoms with Gasteiger partial charge in [0.15, 0.2) is 0 Å². The maximum Gasteiger partial charge on any atom is 2.00 e. The van der Waals surface area contributed by atoms with Crippen LogP contribution in [0.5, 0.6) is 0 Å². The molecule has 8 bridgehead atoms. The van der Waals surface area contributed by atoms with Gasteiger partial charge in [-0.1, -0.05) is 113 Å². The minimum absolute atomic E-state index is 0. The fraction of sp³-hybridized carbons (Fsp3) is 0.283. The third-order valence-electron chi connectivity index (χ3n) is 9.71. The third-order valence-corrected chi connectivity index (χ3v) is 10.8. The Bertz CT molecular complexity index is 2840. The van der Waals surface area contributed by atoms with Crippen molar-refractivity contribution in [2.75, 3.05) is 12.4 Å². The zero-order chi connectivity index (χ0) is 39.9. The molecule has 297 valence electrons. The summed E-state index contributed by atoms with van der Waals surface area (Å²) in [5.41, 5.74) is 5.04. The molecule has 1 radical (unpaired) electrons. The summed E-state index contributed by atoms with van der Waals surface area (Å²) in [6.07, 6.45) is 1.48. The Hall–Kier alpha value is -5.42. The molecule has 2 aliphatic heterocycles. The van der Waals surface area contributed by atoms with Crippen LogP contribution in [-0.2, 0) is 26.6 Å². The topological polar surface area (TPSA) is 132 Å². The van der Waals surface area contributed by atoms with Gasteiger partial charge in [-0.05, 0) is 65.8 Å². The Morgan fingerprint density at radius 3 is 1.45 bits per heavy atom. The predicted octanol–water partition coefficient (Wildman–Crippen LogP) is 10.6. The van der Waals surface area contributed by atoms with Gasteiger partial charge >= 0.3 is 23.0 Å². The average molecular weight is 837 g/mol. The number of hydrogen-bond acceptors (Lipinski definition) is 9. The van der Waals surface area contributed by atoms with Crippen molar-refractivity contribution in [1.82, 2.24) is 39.9 Å². The van der Waals surface area contributed by atoms with Crippen LogP contribution in [-0.4, -0.2) is 48.2 Å². The number of nitrogens with zero attached hydrogens (tertiary/aromatic N) is 8. The second-order valence-corrected chi connectivity index (χ2v) is 17.0. The van der Waals surface area contributed by atoms with E-state index in [1.165, 1.54) is 0 Å². The Morgan fingerprint density at radius 1 is 0.586 bits per heavy atom. The van der Waals surface area contributed by atoms with Crippen LogP contribution in [0.25, 0.3) is 89.7 Å². The first kappa shape index (κ1) is 40.8. The van der Waals surface area contributed by atoms with E-state index < -0.39 is 5.41 Å². The summed E-state index contributed by atoms with van der Waals surface area (Å²) in [5, 5.41) is 3.45. The normalized spacial score (nSPS) is 12.0. The van der Waals surface area contributed by atoms with Crippen molar-refractivity contribution < 1.29 is 26.6 Å². The van der Waals surface area contributed by atoms with Gasteiger partial charge in [-0.15, -0.1) is 11.8 Å². The number of aromatic nitrogens is 8. The third kappa shape index (κ3) is 8.01. The Kier molecular flexibility index (Phi) is 11.6. The van der Waals surface area contributed by atoms with Gasteiger partial charge in [-0.25, -0.2) is 9.97 Å². The molecular formula is C46H44CuN8O2S. The smallest absolute Gasteiger partial charge is 0.465 e. The standard InChI is InChI=1S/C44H38N8O2S.C2H6.Cu/c1-43(2,3)24-44(4,5)42(53)54-21-12-22-55-25-19-20-32-33(23-25)41-51-39-31-18-11-10-17-30(31)37(49-39)47-35-27-14-7-6-13-26(27)34(45-35)46-36-28-15-8-9-16-29(28)38(48-36)50-40(32)52-41;1-2;/h6-11,13-20,23H,12,21-22,24H2,1-5H3;1-2H3;/q-2;;+2. The molecule has 9 rings (SSSR count). The largest absolute Gasteiger partial charge is 2.00 e. The number of ether oxygens (including phenoxy) is 1. The number of benzene rings is 4. The van der Waals surface area contributed by atoms with E-state index in [4.69, 9.17) is 44.6 Å². The minimum atomic E-state index is -0.532. The fourth-order valence-corrected chi connectivity index (χ4v) is 8.45. The number of carbonyl (C=O) groups is 1. The zero-order valence-electron chi connectivity index (χ0n) is 33.6. The molecular weight excluding hydrogens is 792 g/mol. The molecule has 0 saturated heterocycles. The molecule has 58 heavy (non-hydrogen) atoms. The summed E-state index contributed by atoms with van der Waals surface area (Å²) in [6, 6.07) is 30.1. The van der Waals surface area contributed by atoms with E-state index in [1.54, 1.807) is 11.8 Å². The van der Waals surface area contributed by atoms with Crippen molar-refractivity contribution in [2.24, 2.45) is 10.8 Å². The monoisotopic (exact) mass is 835 g/mol. The van der Waals surface area contributed by atoms with Gasteiger partial charge in [-0.2, -0.15) is 0 Å². The predicted molar refractivity (Wildman–Crippen MR) is 229 cm³/mol. The van der Waals surface area contributed by atoms with E-state index >= 15 is 0 Å². The Labute approximate surface area is 352 Å². The molecule has 0 fully saturated rings. The zero-order valence-corrected chi connectivity index (χ0v) is 35.4. The van der Waals surface area contributed by atoms with Gasteiger partial charge in [0.05, 0.1) is 35.3 Å². The second kappa shape index (κ2) is 16.4. The van der Waals surface area contributed by atoms with Crippen molar-refractivity contribution in [3.8, 4) is 45.6 Å². The molecule has 7 aromatic rings. The van der Waals surface area contributed by atoms with Crippen LogP contribution in [0.15, 0.2) is 95.9 Å².